The number of rotatable bonds is 3. The predicted octanol–water partition coefficient (Wildman–Crippen LogP) is 0.106. The molecule has 0 aromatic heterocycles. The van der Waals surface area contributed by atoms with Crippen LogP contribution in [0, 0.1) is 6.92 Å². The van der Waals surface area contributed by atoms with Crippen LogP contribution in [0.15, 0.2) is 36.1 Å². The summed E-state index contributed by atoms with van der Waals surface area (Å²) in [5, 5.41) is 9.23. The van der Waals surface area contributed by atoms with E-state index in [0.717, 1.165) is 11.0 Å². The van der Waals surface area contributed by atoms with Crippen LogP contribution >= 0.6 is 0 Å². The maximum absolute atomic E-state index is 13.1. The summed E-state index contributed by atoms with van der Waals surface area (Å²) >= 11 is -2.54. The van der Waals surface area contributed by atoms with Gasteiger partial charge < -0.3 is 20.3 Å². The molecule has 0 radical (unpaired) electrons. The van der Waals surface area contributed by atoms with E-state index in [9.17, 15) is 28.3 Å². The molecule has 3 rings (SSSR count). The zero-order valence-corrected chi connectivity index (χ0v) is 16.0. The molecule has 2 aliphatic rings. The van der Waals surface area contributed by atoms with Crippen molar-refractivity contribution in [2.24, 2.45) is 5.73 Å². The average molecular weight is 429 g/mol. The molecule has 29 heavy (non-hydrogen) atoms. The summed E-state index contributed by atoms with van der Waals surface area (Å²) in [6.07, 6.45) is 4.13. The molecular formula is C18H20N3NaO6S. The fourth-order valence-electron chi connectivity index (χ4n) is 3.51. The Hall–Kier alpha value is -1.98. The summed E-state index contributed by atoms with van der Waals surface area (Å²) in [6.45, 7) is 2.80. The molecule has 11 heteroatoms. The minimum absolute atomic E-state index is 0. The first-order valence-corrected chi connectivity index (χ1v) is 9.53. The van der Waals surface area contributed by atoms with Gasteiger partial charge in [0.05, 0.1) is 11.6 Å². The second-order valence-electron chi connectivity index (χ2n) is 6.61. The van der Waals surface area contributed by atoms with E-state index in [1.54, 1.807) is 6.92 Å². The Morgan fingerprint density at radius 2 is 2.00 bits per heavy atom. The van der Waals surface area contributed by atoms with E-state index in [4.69, 9.17) is 5.73 Å². The van der Waals surface area contributed by atoms with Crippen LogP contribution in [0.5, 0.6) is 5.75 Å². The van der Waals surface area contributed by atoms with Gasteiger partial charge >= 0.3 is 29.6 Å². The number of phenolic OH excluding ortho intramolecular Hbond substituents is 1. The summed E-state index contributed by atoms with van der Waals surface area (Å²) in [4.78, 5) is 38.8. The van der Waals surface area contributed by atoms with E-state index in [1.807, 2.05) is 0 Å². The number of primary amides is 1. The second-order valence-corrected chi connectivity index (χ2v) is 7.64. The van der Waals surface area contributed by atoms with E-state index >= 15 is 0 Å². The van der Waals surface area contributed by atoms with E-state index in [2.05, 4.69) is 0 Å². The number of phenols is 1. The SMILES string of the molecule is CC(=O)N1c2c(ccc(C)c2O)C(=O)N2C=C(/C=C/C(N)=O)CC2C1S(=O)O.[NaH]. The van der Waals surface area contributed by atoms with Gasteiger partial charge in [-0.1, -0.05) is 12.1 Å². The quantitative estimate of drug-likeness (QED) is 0.354. The van der Waals surface area contributed by atoms with Crippen LogP contribution in [0.3, 0.4) is 0 Å². The summed E-state index contributed by atoms with van der Waals surface area (Å²) in [5.74, 6) is -2.09. The van der Waals surface area contributed by atoms with Crippen molar-refractivity contribution in [1.82, 2.24) is 4.90 Å². The molecule has 0 saturated heterocycles. The normalized spacial score (nSPS) is 21.8. The number of hydrogen-bond donors (Lipinski definition) is 3. The van der Waals surface area contributed by atoms with Gasteiger partial charge in [0.1, 0.15) is 11.4 Å². The Balaban J connectivity index is 0.00000300. The number of amides is 3. The number of aromatic hydroxyl groups is 1. The molecule has 3 unspecified atom stereocenters. The number of benzene rings is 1. The fourth-order valence-corrected chi connectivity index (χ4v) is 4.44. The average Bonchev–Trinajstić information content (AvgIpc) is 2.99. The van der Waals surface area contributed by atoms with Crippen LogP contribution in [0.4, 0.5) is 5.69 Å². The number of carbonyl (C=O) groups is 3. The van der Waals surface area contributed by atoms with Gasteiger partial charge in [0, 0.05) is 19.2 Å². The summed E-state index contributed by atoms with van der Waals surface area (Å²) < 4.78 is 22.2. The number of hydrogen-bond acceptors (Lipinski definition) is 5. The zero-order valence-electron chi connectivity index (χ0n) is 15.2. The molecule has 0 saturated carbocycles. The Bertz CT molecular complexity index is 977. The summed E-state index contributed by atoms with van der Waals surface area (Å²) in [7, 11) is 0. The molecule has 3 atom stereocenters. The van der Waals surface area contributed by atoms with Crippen molar-refractivity contribution in [2.75, 3.05) is 4.90 Å². The molecule has 1 aromatic rings. The molecule has 2 heterocycles. The Kier molecular flexibility index (Phi) is 7.07. The number of nitrogens with zero attached hydrogens (tertiary/aromatic N) is 2. The number of carbonyl (C=O) groups excluding carboxylic acids is 3. The second kappa shape index (κ2) is 8.80. The van der Waals surface area contributed by atoms with Crippen molar-refractivity contribution in [2.45, 2.75) is 31.7 Å². The van der Waals surface area contributed by atoms with E-state index in [0.29, 0.717) is 11.1 Å². The molecule has 2 aliphatic heterocycles. The van der Waals surface area contributed by atoms with E-state index in [-0.39, 0.29) is 53.0 Å². The van der Waals surface area contributed by atoms with Crippen molar-refractivity contribution in [3.8, 4) is 5.75 Å². The van der Waals surface area contributed by atoms with Crippen molar-refractivity contribution < 1.29 is 28.3 Å². The van der Waals surface area contributed by atoms with Gasteiger partial charge in [-0.25, -0.2) is 4.21 Å². The van der Waals surface area contributed by atoms with Crippen LogP contribution in [0.1, 0.15) is 29.3 Å². The Labute approximate surface area is 191 Å². The Morgan fingerprint density at radius 3 is 2.55 bits per heavy atom. The van der Waals surface area contributed by atoms with E-state index in [1.165, 1.54) is 36.2 Å². The Morgan fingerprint density at radius 1 is 1.34 bits per heavy atom. The first-order valence-electron chi connectivity index (χ1n) is 8.36. The predicted molar refractivity (Wildman–Crippen MR) is 109 cm³/mol. The monoisotopic (exact) mass is 429 g/mol. The molecule has 0 bridgehead atoms. The molecule has 3 amide bonds. The van der Waals surface area contributed by atoms with Crippen LogP contribution in [-0.4, -0.2) is 77.5 Å². The van der Waals surface area contributed by atoms with Gasteiger partial charge in [-0.05, 0) is 30.5 Å². The van der Waals surface area contributed by atoms with Crippen molar-refractivity contribution >= 4 is 64.0 Å². The van der Waals surface area contributed by atoms with Gasteiger partial charge in [-0.2, -0.15) is 0 Å². The summed E-state index contributed by atoms with van der Waals surface area (Å²) in [5.41, 5.74) is 6.01. The molecule has 1 aromatic carbocycles. The molecule has 0 spiro atoms. The summed E-state index contributed by atoms with van der Waals surface area (Å²) in [6, 6.07) is 2.14. The first kappa shape index (κ1) is 23.3. The van der Waals surface area contributed by atoms with Gasteiger partial charge in [0.2, 0.25) is 11.8 Å². The zero-order chi connectivity index (χ0) is 20.7. The third kappa shape index (κ3) is 4.17. The molecule has 0 aliphatic carbocycles. The number of aryl methyl sites for hydroxylation is 1. The minimum atomic E-state index is -2.54. The van der Waals surface area contributed by atoms with Crippen LogP contribution in [0.25, 0.3) is 0 Å². The fraction of sp³-hybridized carbons (Fsp3) is 0.278. The maximum atomic E-state index is 13.1. The van der Waals surface area contributed by atoms with E-state index < -0.39 is 40.2 Å². The van der Waals surface area contributed by atoms with Crippen LogP contribution in [0.2, 0.25) is 0 Å². The van der Waals surface area contributed by atoms with Gasteiger partial charge in [0.15, 0.2) is 16.5 Å². The molecule has 150 valence electrons. The van der Waals surface area contributed by atoms with Crippen LogP contribution in [-0.2, 0) is 20.7 Å². The molecular weight excluding hydrogens is 409 g/mol. The molecule has 0 fully saturated rings. The van der Waals surface area contributed by atoms with Gasteiger partial charge in [0.25, 0.3) is 5.91 Å². The third-order valence-corrected chi connectivity index (χ3v) is 5.70. The first-order chi connectivity index (χ1) is 13.1. The number of fused-ring (bicyclic) bond motifs is 2. The van der Waals surface area contributed by atoms with Crippen molar-refractivity contribution in [3.63, 3.8) is 0 Å². The molecule has 9 nitrogen and oxygen atoms in total. The third-order valence-electron chi connectivity index (χ3n) is 4.76. The standard InChI is InChI=1S/C18H19N3O6S.Na.H/c1-9-3-5-12-15(16(9)24)21(10(2)22)18(28(26)27)13-7-11(4-6-14(19)23)8-20(13)17(12)25;;/h3-6,8,13,18,24H,7H2,1-2H3,(H2,19,23)(H,26,27);;/b6-4+;;. The van der Waals surface area contributed by atoms with Gasteiger partial charge in [-0.15, -0.1) is 0 Å². The topological polar surface area (TPSA) is 141 Å². The number of allylic oxidation sites excluding steroid dienone is 1. The number of anilines is 1. The molecule has 4 N–H and O–H groups in total. The van der Waals surface area contributed by atoms with Crippen LogP contribution < -0.4 is 10.6 Å². The van der Waals surface area contributed by atoms with Crippen molar-refractivity contribution in [1.29, 1.82) is 0 Å². The van der Waals surface area contributed by atoms with Crippen molar-refractivity contribution in [3.05, 3.63) is 47.2 Å². The van der Waals surface area contributed by atoms with Gasteiger partial charge in [-0.3, -0.25) is 19.3 Å². The number of nitrogens with two attached hydrogens (primary N) is 1.